The van der Waals surface area contributed by atoms with Crippen LogP contribution in [0.2, 0.25) is 0 Å². The third kappa shape index (κ3) is 0.878. The maximum Gasteiger partial charge on any atom is 0.00124 e. The van der Waals surface area contributed by atoms with E-state index < -0.39 is 0 Å². The van der Waals surface area contributed by atoms with Crippen molar-refractivity contribution in [2.75, 3.05) is 20.1 Å². The second-order valence-corrected chi connectivity index (χ2v) is 4.20. The summed E-state index contributed by atoms with van der Waals surface area (Å²) in [5.74, 6) is 3.11. The number of nitrogens with zero attached hydrogens (tertiary/aromatic N) is 1. The molecular weight excluding hydrogens is 122 g/mol. The van der Waals surface area contributed by atoms with Crippen LogP contribution in [-0.4, -0.2) is 25.0 Å². The van der Waals surface area contributed by atoms with Crippen molar-refractivity contribution in [2.45, 2.75) is 19.8 Å². The fourth-order valence-corrected chi connectivity index (χ4v) is 2.76. The second-order valence-electron chi connectivity index (χ2n) is 4.20. The van der Waals surface area contributed by atoms with E-state index in [0.717, 1.165) is 17.8 Å². The molecule has 1 saturated carbocycles. The quantitative estimate of drug-likeness (QED) is 0.492. The molecule has 1 aliphatic heterocycles. The molecule has 1 heteroatoms. The third-order valence-corrected chi connectivity index (χ3v) is 3.40. The first-order chi connectivity index (χ1) is 4.77. The molecule has 2 aliphatic rings. The van der Waals surface area contributed by atoms with Gasteiger partial charge in [0.2, 0.25) is 0 Å². The van der Waals surface area contributed by atoms with E-state index in [0.29, 0.717) is 0 Å². The zero-order valence-electron chi connectivity index (χ0n) is 7.01. The highest BCUT2D eigenvalue weighted by molar-refractivity contribution is 4.90. The molecule has 1 heterocycles. The lowest BCUT2D eigenvalue weighted by Crippen LogP contribution is -2.16. The largest absolute Gasteiger partial charge is 0.306 e. The molecule has 0 aromatic heterocycles. The van der Waals surface area contributed by atoms with Crippen LogP contribution in [0.25, 0.3) is 0 Å². The minimum atomic E-state index is 1.01. The van der Waals surface area contributed by atoms with Gasteiger partial charge >= 0.3 is 0 Å². The van der Waals surface area contributed by atoms with Crippen LogP contribution in [0.1, 0.15) is 19.8 Å². The Morgan fingerprint density at radius 3 is 2.70 bits per heavy atom. The van der Waals surface area contributed by atoms with Crippen LogP contribution in [0.5, 0.6) is 0 Å². The summed E-state index contributed by atoms with van der Waals surface area (Å²) in [5.41, 5.74) is 0. The van der Waals surface area contributed by atoms with E-state index in [9.17, 15) is 0 Å². The van der Waals surface area contributed by atoms with Gasteiger partial charge in [-0.05, 0) is 31.2 Å². The highest BCUT2D eigenvalue weighted by Gasteiger charge is 2.38. The second kappa shape index (κ2) is 2.23. The number of rotatable bonds is 0. The predicted molar refractivity (Wildman–Crippen MR) is 42.9 cm³/mol. The first kappa shape index (κ1) is 6.66. The van der Waals surface area contributed by atoms with Gasteiger partial charge in [0.1, 0.15) is 0 Å². The van der Waals surface area contributed by atoms with E-state index in [1.807, 2.05) is 0 Å². The lowest BCUT2D eigenvalue weighted by Gasteiger charge is -2.12. The fraction of sp³-hybridized carbons (Fsp3) is 1.00. The Bertz CT molecular complexity index is 133. The van der Waals surface area contributed by atoms with Crippen molar-refractivity contribution in [1.29, 1.82) is 0 Å². The number of hydrogen-bond acceptors (Lipinski definition) is 1. The van der Waals surface area contributed by atoms with Gasteiger partial charge in [0.15, 0.2) is 0 Å². The summed E-state index contributed by atoms with van der Waals surface area (Å²) >= 11 is 0. The Morgan fingerprint density at radius 2 is 2.00 bits per heavy atom. The van der Waals surface area contributed by atoms with Crippen molar-refractivity contribution in [1.82, 2.24) is 4.90 Å². The molecule has 0 bridgehead atoms. The minimum Gasteiger partial charge on any atom is -0.306 e. The molecule has 0 radical (unpaired) electrons. The summed E-state index contributed by atoms with van der Waals surface area (Å²) in [5, 5.41) is 0. The monoisotopic (exact) mass is 139 g/mol. The van der Waals surface area contributed by atoms with Crippen molar-refractivity contribution in [2.24, 2.45) is 17.8 Å². The Labute approximate surface area is 63.4 Å². The van der Waals surface area contributed by atoms with Crippen LogP contribution in [0.3, 0.4) is 0 Å². The molecule has 10 heavy (non-hydrogen) atoms. The standard InChI is InChI=1S/C9H17N/c1-7-3-4-8-5-10(2)6-9(7)8/h7-9H,3-6H2,1-2H3. The molecule has 1 aliphatic carbocycles. The highest BCUT2D eigenvalue weighted by atomic mass is 15.1. The number of fused-ring (bicyclic) bond motifs is 1. The van der Waals surface area contributed by atoms with Crippen LogP contribution >= 0.6 is 0 Å². The summed E-state index contributed by atoms with van der Waals surface area (Å²) in [4.78, 5) is 2.49. The molecule has 0 spiro atoms. The molecule has 1 saturated heterocycles. The first-order valence-corrected chi connectivity index (χ1v) is 4.46. The maximum absolute atomic E-state index is 2.49. The van der Waals surface area contributed by atoms with E-state index in [1.165, 1.54) is 25.9 Å². The van der Waals surface area contributed by atoms with E-state index in [1.54, 1.807) is 0 Å². The Kier molecular flexibility index (Phi) is 1.48. The summed E-state index contributed by atoms with van der Waals surface area (Å²) < 4.78 is 0. The maximum atomic E-state index is 2.49. The van der Waals surface area contributed by atoms with Crippen LogP contribution in [0, 0.1) is 17.8 Å². The van der Waals surface area contributed by atoms with Gasteiger partial charge in [0.05, 0.1) is 0 Å². The van der Waals surface area contributed by atoms with Crippen LogP contribution in [-0.2, 0) is 0 Å². The van der Waals surface area contributed by atoms with Crippen molar-refractivity contribution >= 4 is 0 Å². The van der Waals surface area contributed by atoms with Gasteiger partial charge in [-0.25, -0.2) is 0 Å². The zero-order valence-corrected chi connectivity index (χ0v) is 7.01. The van der Waals surface area contributed by atoms with E-state index in [-0.39, 0.29) is 0 Å². The van der Waals surface area contributed by atoms with Crippen molar-refractivity contribution in [3.8, 4) is 0 Å². The van der Waals surface area contributed by atoms with E-state index in [4.69, 9.17) is 0 Å². The summed E-state index contributed by atoms with van der Waals surface area (Å²) in [7, 11) is 2.26. The van der Waals surface area contributed by atoms with Gasteiger partial charge < -0.3 is 4.90 Å². The molecule has 58 valence electrons. The van der Waals surface area contributed by atoms with Gasteiger partial charge in [0, 0.05) is 13.1 Å². The van der Waals surface area contributed by atoms with Crippen molar-refractivity contribution in [3.05, 3.63) is 0 Å². The summed E-state index contributed by atoms with van der Waals surface area (Å²) in [6, 6.07) is 0. The third-order valence-electron chi connectivity index (χ3n) is 3.40. The van der Waals surface area contributed by atoms with Gasteiger partial charge in [-0.1, -0.05) is 13.3 Å². The van der Waals surface area contributed by atoms with Gasteiger partial charge in [-0.3, -0.25) is 0 Å². The summed E-state index contributed by atoms with van der Waals surface area (Å²) in [6.45, 7) is 5.16. The molecule has 0 N–H and O–H groups in total. The van der Waals surface area contributed by atoms with Crippen LogP contribution < -0.4 is 0 Å². The lowest BCUT2D eigenvalue weighted by molar-refractivity contribution is 0.347. The fourth-order valence-electron chi connectivity index (χ4n) is 2.76. The Balaban J connectivity index is 2.05. The average molecular weight is 139 g/mol. The van der Waals surface area contributed by atoms with Crippen molar-refractivity contribution in [3.63, 3.8) is 0 Å². The smallest absolute Gasteiger partial charge is 0.00124 e. The van der Waals surface area contributed by atoms with Gasteiger partial charge in [0.25, 0.3) is 0 Å². The molecule has 0 amide bonds. The Hall–Kier alpha value is -0.0400. The van der Waals surface area contributed by atoms with E-state index in [2.05, 4.69) is 18.9 Å². The van der Waals surface area contributed by atoms with Gasteiger partial charge in [-0.2, -0.15) is 0 Å². The lowest BCUT2D eigenvalue weighted by atomic mass is 9.94. The molecule has 2 fully saturated rings. The molecular formula is C9H17N. The predicted octanol–water partition coefficient (Wildman–Crippen LogP) is 1.59. The van der Waals surface area contributed by atoms with E-state index >= 15 is 0 Å². The first-order valence-electron chi connectivity index (χ1n) is 4.46. The summed E-state index contributed by atoms with van der Waals surface area (Å²) in [6.07, 6.45) is 2.99. The molecule has 0 aromatic rings. The normalized spacial score (nSPS) is 48.0. The molecule has 3 atom stereocenters. The zero-order chi connectivity index (χ0) is 7.14. The minimum absolute atomic E-state index is 1.01. The molecule has 0 aromatic carbocycles. The average Bonchev–Trinajstić information content (AvgIpc) is 2.35. The number of likely N-dealkylation sites (tertiary alicyclic amines) is 1. The SMILES string of the molecule is CC1CCC2CN(C)CC12. The van der Waals surface area contributed by atoms with Crippen molar-refractivity contribution < 1.29 is 0 Å². The van der Waals surface area contributed by atoms with Crippen LogP contribution in [0.4, 0.5) is 0 Å². The Morgan fingerprint density at radius 1 is 1.20 bits per heavy atom. The number of hydrogen-bond donors (Lipinski definition) is 0. The molecule has 3 unspecified atom stereocenters. The molecule has 2 rings (SSSR count). The van der Waals surface area contributed by atoms with Crippen LogP contribution in [0.15, 0.2) is 0 Å². The van der Waals surface area contributed by atoms with Gasteiger partial charge in [-0.15, -0.1) is 0 Å². The highest BCUT2D eigenvalue weighted by Crippen LogP contribution is 2.41. The topological polar surface area (TPSA) is 3.24 Å². The molecule has 1 nitrogen and oxygen atoms in total.